The molecule has 0 aliphatic heterocycles. The summed E-state index contributed by atoms with van der Waals surface area (Å²) in [6.45, 7) is 3.61. The highest BCUT2D eigenvalue weighted by Gasteiger charge is 2.21. The van der Waals surface area contributed by atoms with Gasteiger partial charge in [0, 0.05) is 6.54 Å². The number of nitrogens with one attached hydrogen (secondary N) is 1. The number of sulfone groups is 1. The van der Waals surface area contributed by atoms with E-state index in [1.165, 1.54) is 0 Å². The van der Waals surface area contributed by atoms with Crippen molar-refractivity contribution in [2.45, 2.75) is 24.0 Å². The molecule has 0 amide bonds. The first-order chi connectivity index (χ1) is 7.50. The second-order valence-electron chi connectivity index (χ2n) is 3.74. The number of anilines is 1. The summed E-state index contributed by atoms with van der Waals surface area (Å²) in [5, 5.41) is 11.2. The molecule has 0 radical (unpaired) electrons. The molecule has 4 nitrogen and oxygen atoms in total. The summed E-state index contributed by atoms with van der Waals surface area (Å²) >= 11 is 0. The van der Waals surface area contributed by atoms with Gasteiger partial charge in [-0.05, 0) is 26.0 Å². The number of aliphatic hydroxyl groups excluding tert-OH is 1. The SMILES string of the molecule is CC(C)S(=O)(=O)c1ccccc1NCCO. The van der Waals surface area contributed by atoms with E-state index < -0.39 is 15.1 Å². The Hall–Kier alpha value is -1.07. The van der Waals surface area contributed by atoms with Crippen molar-refractivity contribution >= 4 is 15.5 Å². The summed E-state index contributed by atoms with van der Waals surface area (Å²) < 4.78 is 24.0. The Balaban J connectivity index is 3.13. The molecule has 0 heterocycles. The molecule has 1 aromatic rings. The Morgan fingerprint density at radius 1 is 1.31 bits per heavy atom. The summed E-state index contributed by atoms with van der Waals surface area (Å²) in [7, 11) is -3.28. The van der Waals surface area contributed by atoms with E-state index in [0.717, 1.165) is 0 Å². The monoisotopic (exact) mass is 243 g/mol. The normalized spacial score (nSPS) is 11.8. The molecule has 0 fully saturated rings. The van der Waals surface area contributed by atoms with Gasteiger partial charge in [-0.3, -0.25) is 0 Å². The molecule has 1 rings (SSSR count). The van der Waals surface area contributed by atoms with Crippen molar-refractivity contribution in [1.82, 2.24) is 0 Å². The maximum Gasteiger partial charge on any atom is 0.182 e. The van der Waals surface area contributed by atoms with Crippen LogP contribution in [0, 0.1) is 0 Å². The standard InChI is InChI=1S/C11H17NO3S/c1-9(2)16(14,15)11-6-4-3-5-10(11)12-7-8-13/h3-6,9,12-13H,7-8H2,1-2H3. The van der Waals surface area contributed by atoms with Crippen LogP contribution in [-0.4, -0.2) is 31.9 Å². The van der Waals surface area contributed by atoms with Crippen LogP contribution in [0.25, 0.3) is 0 Å². The van der Waals surface area contributed by atoms with Crippen molar-refractivity contribution in [2.75, 3.05) is 18.5 Å². The van der Waals surface area contributed by atoms with E-state index >= 15 is 0 Å². The number of hydrogen-bond acceptors (Lipinski definition) is 4. The fourth-order valence-corrected chi connectivity index (χ4v) is 2.53. The van der Waals surface area contributed by atoms with Gasteiger partial charge in [-0.1, -0.05) is 12.1 Å². The van der Waals surface area contributed by atoms with Crippen LogP contribution in [0.5, 0.6) is 0 Å². The lowest BCUT2D eigenvalue weighted by Gasteiger charge is -2.13. The molecule has 0 aliphatic rings. The topological polar surface area (TPSA) is 66.4 Å². The van der Waals surface area contributed by atoms with Crippen LogP contribution >= 0.6 is 0 Å². The number of rotatable bonds is 5. The summed E-state index contributed by atoms with van der Waals surface area (Å²) in [6.07, 6.45) is 0. The van der Waals surface area contributed by atoms with E-state index in [1.807, 2.05) is 0 Å². The molecule has 0 atom stereocenters. The minimum Gasteiger partial charge on any atom is -0.395 e. The van der Waals surface area contributed by atoms with E-state index in [2.05, 4.69) is 5.32 Å². The van der Waals surface area contributed by atoms with Crippen molar-refractivity contribution in [1.29, 1.82) is 0 Å². The highest BCUT2D eigenvalue weighted by molar-refractivity contribution is 7.92. The smallest absolute Gasteiger partial charge is 0.182 e. The fourth-order valence-electron chi connectivity index (χ4n) is 1.31. The fraction of sp³-hybridized carbons (Fsp3) is 0.455. The molecule has 0 unspecified atom stereocenters. The number of benzene rings is 1. The van der Waals surface area contributed by atoms with Crippen LogP contribution in [0.4, 0.5) is 5.69 Å². The first-order valence-electron chi connectivity index (χ1n) is 5.17. The van der Waals surface area contributed by atoms with Crippen molar-refractivity contribution in [2.24, 2.45) is 0 Å². The van der Waals surface area contributed by atoms with E-state index in [-0.39, 0.29) is 6.61 Å². The lowest BCUT2D eigenvalue weighted by atomic mass is 10.3. The van der Waals surface area contributed by atoms with Gasteiger partial charge in [-0.25, -0.2) is 8.42 Å². The minimum absolute atomic E-state index is 0.0317. The highest BCUT2D eigenvalue weighted by atomic mass is 32.2. The van der Waals surface area contributed by atoms with Gasteiger partial charge in [-0.15, -0.1) is 0 Å². The van der Waals surface area contributed by atoms with E-state index in [0.29, 0.717) is 17.1 Å². The Morgan fingerprint density at radius 3 is 2.50 bits per heavy atom. The molecule has 5 heteroatoms. The maximum atomic E-state index is 12.0. The molecule has 0 saturated heterocycles. The van der Waals surface area contributed by atoms with E-state index in [1.54, 1.807) is 38.1 Å². The van der Waals surface area contributed by atoms with Crippen molar-refractivity contribution in [3.05, 3.63) is 24.3 Å². The molecule has 0 spiro atoms. The summed E-state index contributed by atoms with van der Waals surface area (Å²) in [4.78, 5) is 0.290. The summed E-state index contributed by atoms with van der Waals surface area (Å²) in [6, 6.07) is 6.73. The minimum atomic E-state index is -3.28. The number of para-hydroxylation sites is 1. The molecule has 0 saturated carbocycles. The molecule has 0 aromatic heterocycles. The Bertz CT molecular complexity index is 440. The van der Waals surface area contributed by atoms with Gasteiger partial charge in [0.25, 0.3) is 0 Å². The Kier molecular flexibility index (Phi) is 4.32. The van der Waals surface area contributed by atoms with Crippen molar-refractivity contribution in [3.63, 3.8) is 0 Å². The third-order valence-corrected chi connectivity index (χ3v) is 4.45. The lowest BCUT2D eigenvalue weighted by Crippen LogP contribution is -2.17. The largest absolute Gasteiger partial charge is 0.395 e. The highest BCUT2D eigenvalue weighted by Crippen LogP contribution is 2.24. The molecular formula is C11H17NO3S. The van der Waals surface area contributed by atoms with Crippen molar-refractivity contribution in [3.8, 4) is 0 Å². The van der Waals surface area contributed by atoms with Crippen LogP contribution in [0.3, 0.4) is 0 Å². The van der Waals surface area contributed by atoms with E-state index in [4.69, 9.17) is 5.11 Å². The zero-order valence-corrected chi connectivity index (χ0v) is 10.3. The predicted molar refractivity (Wildman–Crippen MR) is 64.3 cm³/mol. The van der Waals surface area contributed by atoms with Gasteiger partial charge in [0.1, 0.15) is 0 Å². The molecular weight excluding hydrogens is 226 g/mol. The van der Waals surface area contributed by atoms with Crippen LogP contribution in [0.2, 0.25) is 0 Å². The van der Waals surface area contributed by atoms with Gasteiger partial charge in [0.05, 0.1) is 22.4 Å². The molecule has 0 aliphatic carbocycles. The van der Waals surface area contributed by atoms with Crippen LogP contribution in [0.1, 0.15) is 13.8 Å². The predicted octanol–water partition coefficient (Wildman–Crippen LogP) is 1.27. The molecule has 16 heavy (non-hydrogen) atoms. The average molecular weight is 243 g/mol. The Morgan fingerprint density at radius 2 is 1.94 bits per heavy atom. The van der Waals surface area contributed by atoms with Crippen LogP contribution in [-0.2, 0) is 9.84 Å². The van der Waals surface area contributed by atoms with Gasteiger partial charge in [-0.2, -0.15) is 0 Å². The summed E-state index contributed by atoms with van der Waals surface area (Å²) in [5.41, 5.74) is 0.547. The first kappa shape index (κ1) is 13.0. The maximum absolute atomic E-state index is 12.0. The number of hydrogen-bond donors (Lipinski definition) is 2. The van der Waals surface area contributed by atoms with Gasteiger partial charge < -0.3 is 10.4 Å². The number of aliphatic hydroxyl groups is 1. The average Bonchev–Trinajstić information content (AvgIpc) is 2.26. The lowest BCUT2D eigenvalue weighted by molar-refractivity contribution is 0.311. The third kappa shape index (κ3) is 2.74. The van der Waals surface area contributed by atoms with Gasteiger partial charge in [0.2, 0.25) is 0 Å². The van der Waals surface area contributed by atoms with E-state index in [9.17, 15) is 8.42 Å². The molecule has 0 bridgehead atoms. The second-order valence-corrected chi connectivity index (χ2v) is 6.21. The zero-order valence-electron chi connectivity index (χ0n) is 9.47. The van der Waals surface area contributed by atoms with Crippen LogP contribution in [0.15, 0.2) is 29.2 Å². The second kappa shape index (κ2) is 5.32. The molecule has 90 valence electrons. The quantitative estimate of drug-likeness (QED) is 0.817. The zero-order chi connectivity index (χ0) is 12.2. The third-order valence-electron chi connectivity index (χ3n) is 2.24. The molecule has 1 aromatic carbocycles. The molecule has 2 N–H and O–H groups in total. The van der Waals surface area contributed by atoms with Gasteiger partial charge >= 0.3 is 0 Å². The Labute approximate surface area is 96.2 Å². The van der Waals surface area contributed by atoms with Crippen LogP contribution < -0.4 is 5.32 Å². The van der Waals surface area contributed by atoms with Crippen molar-refractivity contribution < 1.29 is 13.5 Å². The first-order valence-corrected chi connectivity index (χ1v) is 6.72. The van der Waals surface area contributed by atoms with Gasteiger partial charge in [0.15, 0.2) is 9.84 Å². The summed E-state index contributed by atoms with van der Waals surface area (Å²) in [5.74, 6) is 0.